The molecule has 2 heterocycles. The maximum absolute atomic E-state index is 12.8. The second-order valence-electron chi connectivity index (χ2n) is 7.04. The summed E-state index contributed by atoms with van der Waals surface area (Å²) >= 11 is 0. The summed E-state index contributed by atoms with van der Waals surface area (Å²) in [7, 11) is 0. The molecule has 0 aromatic heterocycles. The highest BCUT2D eigenvalue weighted by Gasteiger charge is 2.44. The van der Waals surface area contributed by atoms with Gasteiger partial charge in [-0.15, -0.1) is 0 Å². The number of aliphatic hydroxyl groups is 1. The van der Waals surface area contributed by atoms with E-state index in [-0.39, 0.29) is 11.9 Å². The summed E-state index contributed by atoms with van der Waals surface area (Å²) in [6.07, 6.45) is 5.09. The summed E-state index contributed by atoms with van der Waals surface area (Å²) in [4.78, 5) is 17.0. The topological polar surface area (TPSA) is 55.8 Å². The molecule has 5 heteroatoms. The number of likely N-dealkylation sites (tertiary alicyclic amines) is 1. The normalized spacial score (nSPS) is 36.1. The number of nitrogens with one attached hydrogen (secondary N) is 1. The van der Waals surface area contributed by atoms with E-state index in [4.69, 9.17) is 0 Å². The predicted octanol–water partition coefficient (Wildman–Crippen LogP) is 0.434. The number of carbonyl (C=O) groups is 1. The van der Waals surface area contributed by atoms with Gasteiger partial charge in [0.05, 0.1) is 11.6 Å². The van der Waals surface area contributed by atoms with Gasteiger partial charge in [0, 0.05) is 45.2 Å². The van der Waals surface area contributed by atoms with Crippen LogP contribution in [0, 0.1) is 5.92 Å². The molecular weight excluding hydrogens is 266 g/mol. The van der Waals surface area contributed by atoms with Crippen LogP contribution in [-0.2, 0) is 4.79 Å². The Bertz CT molecular complexity index is 384. The van der Waals surface area contributed by atoms with Crippen molar-refractivity contribution in [2.75, 3.05) is 39.3 Å². The van der Waals surface area contributed by atoms with E-state index in [9.17, 15) is 9.90 Å². The van der Waals surface area contributed by atoms with E-state index in [0.717, 1.165) is 65.0 Å². The minimum absolute atomic E-state index is 0.0260. The van der Waals surface area contributed by atoms with Crippen LogP contribution in [0.3, 0.4) is 0 Å². The van der Waals surface area contributed by atoms with E-state index in [1.54, 1.807) is 0 Å². The second-order valence-corrected chi connectivity index (χ2v) is 7.04. The number of carbonyl (C=O) groups excluding carboxylic acids is 1. The predicted molar refractivity (Wildman–Crippen MR) is 82.0 cm³/mol. The number of rotatable bonds is 2. The molecule has 3 aliphatic rings. The number of hydrogen-bond donors (Lipinski definition) is 2. The minimum atomic E-state index is -0.493. The Morgan fingerprint density at radius 3 is 2.76 bits per heavy atom. The Morgan fingerprint density at radius 2 is 2.00 bits per heavy atom. The molecule has 0 bridgehead atoms. The maximum atomic E-state index is 12.8. The average Bonchev–Trinajstić information content (AvgIpc) is 2.53. The number of amides is 1. The van der Waals surface area contributed by atoms with Crippen LogP contribution >= 0.6 is 0 Å². The van der Waals surface area contributed by atoms with Crippen LogP contribution in [0.2, 0.25) is 0 Å². The number of fused-ring (bicyclic) bond motifs is 1. The van der Waals surface area contributed by atoms with Crippen molar-refractivity contribution in [1.82, 2.24) is 15.1 Å². The lowest BCUT2D eigenvalue weighted by molar-refractivity contribution is -0.148. The molecular formula is C16H29N3O2. The zero-order chi connectivity index (χ0) is 14.9. The van der Waals surface area contributed by atoms with Gasteiger partial charge in [-0.05, 0) is 26.2 Å². The van der Waals surface area contributed by atoms with Crippen LogP contribution in [0.15, 0.2) is 0 Å². The molecule has 3 unspecified atom stereocenters. The van der Waals surface area contributed by atoms with Gasteiger partial charge in [-0.1, -0.05) is 12.8 Å². The Labute approximate surface area is 127 Å². The van der Waals surface area contributed by atoms with Crippen molar-refractivity contribution in [2.24, 2.45) is 5.92 Å². The Kier molecular flexibility index (Phi) is 4.52. The first kappa shape index (κ1) is 15.3. The SMILES string of the molecule is CC(C(=O)N1CCC2(O)CCCCC2C1)N1CCNCC1. The fraction of sp³-hybridized carbons (Fsp3) is 0.938. The number of nitrogens with zero attached hydrogens (tertiary/aromatic N) is 2. The molecule has 120 valence electrons. The molecule has 21 heavy (non-hydrogen) atoms. The number of piperidine rings is 1. The molecule has 0 radical (unpaired) electrons. The molecule has 0 spiro atoms. The molecule has 2 N–H and O–H groups in total. The highest BCUT2D eigenvalue weighted by atomic mass is 16.3. The lowest BCUT2D eigenvalue weighted by Crippen LogP contribution is -2.59. The summed E-state index contributed by atoms with van der Waals surface area (Å²) in [5.41, 5.74) is -0.493. The van der Waals surface area contributed by atoms with Gasteiger partial charge in [-0.3, -0.25) is 9.69 Å². The van der Waals surface area contributed by atoms with Crippen LogP contribution in [0.4, 0.5) is 0 Å². The lowest BCUT2D eigenvalue weighted by atomic mass is 9.71. The van der Waals surface area contributed by atoms with Gasteiger partial charge in [0.15, 0.2) is 0 Å². The monoisotopic (exact) mass is 295 g/mol. The third kappa shape index (κ3) is 3.10. The fourth-order valence-corrected chi connectivity index (χ4v) is 4.26. The maximum Gasteiger partial charge on any atom is 0.239 e. The first-order valence-corrected chi connectivity index (χ1v) is 8.56. The third-order valence-corrected chi connectivity index (χ3v) is 5.80. The Morgan fingerprint density at radius 1 is 1.24 bits per heavy atom. The molecule has 1 amide bonds. The highest BCUT2D eigenvalue weighted by Crippen LogP contribution is 2.39. The molecule has 0 aromatic carbocycles. The molecule has 3 rings (SSSR count). The van der Waals surface area contributed by atoms with Crippen LogP contribution in [0.1, 0.15) is 39.0 Å². The van der Waals surface area contributed by atoms with Gasteiger partial charge in [-0.25, -0.2) is 0 Å². The summed E-state index contributed by atoms with van der Waals surface area (Å²) in [6.45, 7) is 7.37. The van der Waals surface area contributed by atoms with E-state index < -0.39 is 5.60 Å². The smallest absolute Gasteiger partial charge is 0.239 e. The Hall–Kier alpha value is -0.650. The van der Waals surface area contributed by atoms with Crippen molar-refractivity contribution < 1.29 is 9.90 Å². The molecule has 2 saturated heterocycles. The first-order valence-electron chi connectivity index (χ1n) is 8.56. The highest BCUT2D eigenvalue weighted by molar-refractivity contribution is 5.81. The van der Waals surface area contributed by atoms with Gasteiger partial charge in [-0.2, -0.15) is 0 Å². The van der Waals surface area contributed by atoms with Gasteiger partial charge in [0.25, 0.3) is 0 Å². The van der Waals surface area contributed by atoms with Crippen LogP contribution < -0.4 is 5.32 Å². The fourth-order valence-electron chi connectivity index (χ4n) is 4.26. The van der Waals surface area contributed by atoms with Crippen molar-refractivity contribution in [3.05, 3.63) is 0 Å². The zero-order valence-electron chi connectivity index (χ0n) is 13.2. The summed E-state index contributed by atoms with van der Waals surface area (Å²) in [6, 6.07) is -0.0260. The Balaban J connectivity index is 1.60. The number of hydrogen-bond acceptors (Lipinski definition) is 4. The molecule has 1 saturated carbocycles. The van der Waals surface area contributed by atoms with Crippen molar-refractivity contribution in [3.8, 4) is 0 Å². The molecule has 0 aromatic rings. The molecule has 1 aliphatic carbocycles. The van der Waals surface area contributed by atoms with Crippen LogP contribution in [0.25, 0.3) is 0 Å². The third-order valence-electron chi connectivity index (χ3n) is 5.80. The van der Waals surface area contributed by atoms with Crippen LogP contribution in [-0.4, -0.2) is 71.7 Å². The van der Waals surface area contributed by atoms with Crippen molar-refractivity contribution in [3.63, 3.8) is 0 Å². The quantitative estimate of drug-likeness (QED) is 0.776. The van der Waals surface area contributed by atoms with Gasteiger partial charge in [0.1, 0.15) is 0 Å². The van der Waals surface area contributed by atoms with E-state index >= 15 is 0 Å². The number of piperazine rings is 1. The van der Waals surface area contributed by atoms with Crippen molar-refractivity contribution in [1.29, 1.82) is 0 Å². The molecule has 5 nitrogen and oxygen atoms in total. The van der Waals surface area contributed by atoms with E-state index in [1.165, 1.54) is 6.42 Å². The summed E-state index contributed by atoms with van der Waals surface area (Å²) in [5, 5.41) is 14.1. The summed E-state index contributed by atoms with van der Waals surface area (Å²) in [5.74, 6) is 0.545. The minimum Gasteiger partial charge on any atom is -0.389 e. The van der Waals surface area contributed by atoms with Gasteiger partial charge < -0.3 is 15.3 Å². The zero-order valence-corrected chi connectivity index (χ0v) is 13.2. The summed E-state index contributed by atoms with van der Waals surface area (Å²) < 4.78 is 0. The van der Waals surface area contributed by atoms with Crippen molar-refractivity contribution >= 4 is 5.91 Å². The van der Waals surface area contributed by atoms with E-state index in [0.29, 0.717) is 5.92 Å². The van der Waals surface area contributed by atoms with Crippen LogP contribution in [0.5, 0.6) is 0 Å². The molecule has 2 aliphatic heterocycles. The van der Waals surface area contributed by atoms with Crippen molar-refractivity contribution in [2.45, 2.75) is 50.7 Å². The van der Waals surface area contributed by atoms with E-state index in [2.05, 4.69) is 10.2 Å². The average molecular weight is 295 g/mol. The van der Waals surface area contributed by atoms with Gasteiger partial charge in [0.2, 0.25) is 5.91 Å². The lowest BCUT2D eigenvalue weighted by Gasteiger charge is -2.48. The first-order chi connectivity index (χ1) is 10.1. The largest absolute Gasteiger partial charge is 0.389 e. The van der Waals surface area contributed by atoms with E-state index in [1.807, 2.05) is 11.8 Å². The van der Waals surface area contributed by atoms with Gasteiger partial charge >= 0.3 is 0 Å². The molecule has 3 atom stereocenters. The molecule has 3 fully saturated rings. The second kappa shape index (κ2) is 6.23. The standard InChI is InChI=1S/C16H29N3O2/c1-13(18-10-7-17-8-11-18)15(20)19-9-6-16(21)5-3-2-4-14(16)12-19/h13-14,17,21H,2-12H2,1H3.